The molecule has 2 heterocycles. The zero-order valence-electron chi connectivity index (χ0n) is 19.3. The third kappa shape index (κ3) is 5.78. The monoisotopic (exact) mass is 458 g/mol. The molecule has 0 unspecified atom stereocenters. The van der Waals surface area contributed by atoms with Crippen molar-refractivity contribution in [2.24, 2.45) is 5.92 Å². The van der Waals surface area contributed by atoms with Gasteiger partial charge in [0.15, 0.2) is 0 Å². The molecule has 3 rings (SSSR count). The minimum Gasteiger partial charge on any atom is -0.463 e. The van der Waals surface area contributed by atoms with E-state index in [1.165, 1.54) is 10.8 Å². The lowest BCUT2D eigenvalue weighted by atomic mass is 10.0. The van der Waals surface area contributed by atoms with E-state index in [0.717, 1.165) is 5.56 Å². The van der Waals surface area contributed by atoms with Crippen LogP contribution in [0.3, 0.4) is 0 Å². The van der Waals surface area contributed by atoms with Crippen LogP contribution in [0, 0.1) is 19.8 Å². The number of esters is 2. The Hall–Kier alpha value is -3.20. The van der Waals surface area contributed by atoms with E-state index in [0.29, 0.717) is 24.0 Å². The van der Waals surface area contributed by atoms with Gasteiger partial charge >= 0.3 is 17.6 Å². The van der Waals surface area contributed by atoms with E-state index in [9.17, 15) is 19.2 Å². The van der Waals surface area contributed by atoms with Crippen LogP contribution >= 0.6 is 0 Å². The summed E-state index contributed by atoms with van der Waals surface area (Å²) in [6.07, 6.45) is 0.572. The number of aromatic nitrogens is 2. The van der Waals surface area contributed by atoms with Crippen molar-refractivity contribution in [2.75, 3.05) is 6.61 Å². The van der Waals surface area contributed by atoms with Crippen molar-refractivity contribution in [3.05, 3.63) is 68.0 Å². The Labute approximate surface area is 191 Å². The highest BCUT2D eigenvalue weighted by Crippen LogP contribution is 2.31. The van der Waals surface area contributed by atoms with Crippen LogP contribution in [0.2, 0.25) is 0 Å². The molecule has 1 aliphatic heterocycles. The van der Waals surface area contributed by atoms with Gasteiger partial charge in [0.05, 0.1) is 11.5 Å². The van der Waals surface area contributed by atoms with Crippen LogP contribution < -0.4 is 11.2 Å². The molecular weight excluding hydrogens is 428 g/mol. The molecule has 2 aromatic rings. The van der Waals surface area contributed by atoms with Gasteiger partial charge in [-0.3, -0.25) is 19.1 Å². The van der Waals surface area contributed by atoms with Crippen LogP contribution in [0.15, 0.2) is 40.1 Å². The number of aryl methyl sites for hydroxylation is 2. The molecule has 1 saturated heterocycles. The Morgan fingerprint density at radius 3 is 2.45 bits per heavy atom. The minimum atomic E-state index is -0.791. The number of hydrogen-bond acceptors (Lipinski definition) is 7. The first-order valence-corrected chi connectivity index (χ1v) is 11.1. The molecule has 0 spiro atoms. The molecule has 1 N–H and O–H groups in total. The average molecular weight is 459 g/mol. The third-order valence-corrected chi connectivity index (χ3v) is 5.89. The number of nitrogens with one attached hydrogen (secondary N) is 1. The van der Waals surface area contributed by atoms with Gasteiger partial charge in [0, 0.05) is 18.2 Å². The second-order valence-electron chi connectivity index (χ2n) is 8.30. The number of H-pyrrole nitrogens is 1. The second kappa shape index (κ2) is 10.6. The van der Waals surface area contributed by atoms with E-state index in [1.54, 1.807) is 19.1 Å². The Morgan fingerprint density at radius 2 is 1.82 bits per heavy atom. The molecule has 0 radical (unpaired) electrons. The van der Waals surface area contributed by atoms with Gasteiger partial charge in [-0.05, 0) is 38.8 Å². The van der Waals surface area contributed by atoms with E-state index in [2.05, 4.69) is 4.98 Å². The highest BCUT2D eigenvalue weighted by Gasteiger charge is 2.40. The Morgan fingerprint density at radius 1 is 1.15 bits per heavy atom. The van der Waals surface area contributed by atoms with Gasteiger partial charge in [-0.2, -0.15) is 0 Å². The fourth-order valence-corrected chi connectivity index (χ4v) is 3.74. The summed E-state index contributed by atoms with van der Waals surface area (Å²) < 4.78 is 18.4. The zero-order valence-corrected chi connectivity index (χ0v) is 19.3. The SMILES string of the molecule is CCC(CC)C(=O)OC[C@H]1O[C@H](n2cc(C)c(=O)[nH]c2=O)C[C@@H]1OC(=O)c1ccc(C)cc1. The molecule has 9 nitrogen and oxygen atoms in total. The van der Waals surface area contributed by atoms with Crippen molar-refractivity contribution < 1.29 is 23.8 Å². The first kappa shape index (κ1) is 24.4. The summed E-state index contributed by atoms with van der Waals surface area (Å²) in [6, 6.07) is 6.95. The van der Waals surface area contributed by atoms with Crippen molar-refractivity contribution in [3.8, 4) is 0 Å². The summed E-state index contributed by atoms with van der Waals surface area (Å²) >= 11 is 0. The predicted molar refractivity (Wildman–Crippen MR) is 120 cm³/mol. The molecule has 1 aromatic heterocycles. The van der Waals surface area contributed by atoms with Crippen LogP contribution in [-0.4, -0.2) is 40.3 Å². The fraction of sp³-hybridized carbons (Fsp3) is 0.500. The summed E-state index contributed by atoms with van der Waals surface area (Å²) in [5.74, 6) is -1.10. The lowest BCUT2D eigenvalue weighted by Gasteiger charge is -2.20. The number of benzene rings is 1. The fourth-order valence-electron chi connectivity index (χ4n) is 3.74. The number of rotatable bonds is 8. The van der Waals surface area contributed by atoms with E-state index in [4.69, 9.17) is 14.2 Å². The summed E-state index contributed by atoms with van der Waals surface area (Å²) in [7, 11) is 0. The predicted octanol–water partition coefficient (Wildman–Crippen LogP) is 2.65. The number of nitrogens with zero attached hydrogens (tertiary/aromatic N) is 1. The molecule has 0 saturated carbocycles. The summed E-state index contributed by atoms with van der Waals surface area (Å²) in [5, 5.41) is 0. The van der Waals surface area contributed by atoms with E-state index in [-0.39, 0.29) is 24.9 Å². The molecule has 9 heteroatoms. The van der Waals surface area contributed by atoms with Crippen molar-refractivity contribution in [3.63, 3.8) is 0 Å². The van der Waals surface area contributed by atoms with Crippen molar-refractivity contribution >= 4 is 11.9 Å². The normalized spacial score (nSPS) is 20.1. The van der Waals surface area contributed by atoms with Gasteiger partial charge < -0.3 is 14.2 Å². The molecule has 3 atom stereocenters. The van der Waals surface area contributed by atoms with E-state index < -0.39 is 35.7 Å². The molecule has 1 fully saturated rings. The van der Waals surface area contributed by atoms with Crippen LogP contribution in [0.25, 0.3) is 0 Å². The molecule has 1 aliphatic rings. The maximum Gasteiger partial charge on any atom is 0.338 e. The van der Waals surface area contributed by atoms with Crippen molar-refractivity contribution in [1.82, 2.24) is 9.55 Å². The number of hydrogen-bond donors (Lipinski definition) is 1. The molecule has 33 heavy (non-hydrogen) atoms. The van der Waals surface area contributed by atoms with Crippen LogP contribution in [0.5, 0.6) is 0 Å². The van der Waals surface area contributed by atoms with E-state index in [1.807, 2.05) is 32.9 Å². The molecule has 178 valence electrons. The van der Waals surface area contributed by atoms with Crippen molar-refractivity contribution in [2.45, 2.75) is 65.4 Å². The largest absolute Gasteiger partial charge is 0.463 e. The van der Waals surface area contributed by atoms with Crippen LogP contribution in [0.1, 0.15) is 60.8 Å². The number of carbonyl (C=O) groups excluding carboxylic acids is 2. The Balaban J connectivity index is 1.80. The summed E-state index contributed by atoms with van der Waals surface area (Å²) in [6.45, 7) is 7.20. The Bertz CT molecular complexity index is 1100. The molecule has 1 aromatic carbocycles. The van der Waals surface area contributed by atoms with Gasteiger partial charge in [0.2, 0.25) is 0 Å². The first-order valence-electron chi connectivity index (χ1n) is 11.1. The van der Waals surface area contributed by atoms with Crippen LogP contribution in [0.4, 0.5) is 0 Å². The number of carbonyl (C=O) groups is 2. The third-order valence-electron chi connectivity index (χ3n) is 5.89. The van der Waals surface area contributed by atoms with Gasteiger partial charge in [0.25, 0.3) is 5.56 Å². The maximum absolute atomic E-state index is 12.7. The second-order valence-corrected chi connectivity index (χ2v) is 8.30. The topological polar surface area (TPSA) is 117 Å². The molecule has 0 bridgehead atoms. The maximum atomic E-state index is 12.7. The highest BCUT2D eigenvalue weighted by atomic mass is 16.6. The average Bonchev–Trinajstić information content (AvgIpc) is 3.18. The highest BCUT2D eigenvalue weighted by molar-refractivity contribution is 5.89. The van der Waals surface area contributed by atoms with E-state index >= 15 is 0 Å². The molecular formula is C24H30N2O7. The van der Waals surface area contributed by atoms with Gasteiger partial charge in [-0.15, -0.1) is 0 Å². The lowest BCUT2D eigenvalue weighted by molar-refractivity contribution is -0.155. The van der Waals surface area contributed by atoms with Crippen molar-refractivity contribution in [1.29, 1.82) is 0 Å². The lowest BCUT2D eigenvalue weighted by Crippen LogP contribution is -2.34. The van der Waals surface area contributed by atoms with Gasteiger partial charge in [0.1, 0.15) is 25.0 Å². The first-order chi connectivity index (χ1) is 15.7. The zero-order chi connectivity index (χ0) is 24.1. The smallest absolute Gasteiger partial charge is 0.338 e. The number of aromatic amines is 1. The molecule has 0 amide bonds. The van der Waals surface area contributed by atoms with Gasteiger partial charge in [-0.1, -0.05) is 31.5 Å². The number of ether oxygens (including phenoxy) is 3. The quantitative estimate of drug-likeness (QED) is 0.605. The molecule has 0 aliphatic carbocycles. The van der Waals surface area contributed by atoms with Gasteiger partial charge in [-0.25, -0.2) is 9.59 Å². The summed E-state index contributed by atoms with van der Waals surface area (Å²) in [4.78, 5) is 51.4. The van der Waals surface area contributed by atoms with Crippen LogP contribution in [-0.2, 0) is 19.0 Å². The minimum absolute atomic E-state index is 0.116. The Kier molecular flexibility index (Phi) is 7.86. The standard InChI is InChI=1S/C24H30N2O7/c1-5-16(6-2)22(28)31-13-19-18(33-23(29)17-9-7-14(3)8-10-17)11-20(32-19)26-12-15(4)21(27)25-24(26)30/h7-10,12,16,18-20H,5-6,11,13H2,1-4H3,(H,25,27,30)/t18-,19+,20-/m0/s1. The summed E-state index contributed by atoms with van der Waals surface area (Å²) in [5.41, 5.74) is 0.625.